The minimum Gasteiger partial charge on any atom is -0.493 e. The summed E-state index contributed by atoms with van der Waals surface area (Å²) >= 11 is 0. The second-order valence-electron chi connectivity index (χ2n) is 8.64. The van der Waals surface area contributed by atoms with Gasteiger partial charge in [-0.05, 0) is 85.8 Å². The minimum atomic E-state index is -0.191. The fourth-order valence-corrected chi connectivity index (χ4v) is 3.38. The number of nitrogens with zero attached hydrogens (tertiary/aromatic N) is 1. The molecule has 0 bridgehead atoms. The summed E-state index contributed by atoms with van der Waals surface area (Å²) in [5, 5.41) is 3.02. The van der Waals surface area contributed by atoms with E-state index in [1.807, 2.05) is 49.4 Å². The van der Waals surface area contributed by atoms with Gasteiger partial charge >= 0.3 is 0 Å². The zero-order valence-corrected chi connectivity index (χ0v) is 19.2. The highest BCUT2D eigenvalue weighted by molar-refractivity contribution is 6.05. The van der Waals surface area contributed by atoms with Crippen LogP contribution in [0.25, 0.3) is 22.6 Å². The molecule has 1 heterocycles. The van der Waals surface area contributed by atoms with Gasteiger partial charge in [0.1, 0.15) is 11.3 Å². The molecular formula is C27H28N2O3. The number of hydrogen-bond acceptors (Lipinski definition) is 4. The number of anilines is 1. The quantitative estimate of drug-likeness (QED) is 0.371. The first kappa shape index (κ1) is 21.6. The Balaban J connectivity index is 1.58. The van der Waals surface area contributed by atoms with Crippen molar-refractivity contribution < 1.29 is 13.9 Å². The maximum Gasteiger partial charge on any atom is 0.255 e. The van der Waals surface area contributed by atoms with E-state index in [-0.39, 0.29) is 5.91 Å². The van der Waals surface area contributed by atoms with Crippen LogP contribution in [0.3, 0.4) is 0 Å². The van der Waals surface area contributed by atoms with Crippen LogP contribution in [-0.4, -0.2) is 17.5 Å². The van der Waals surface area contributed by atoms with E-state index in [0.717, 1.165) is 33.5 Å². The van der Waals surface area contributed by atoms with Gasteiger partial charge in [0.25, 0.3) is 5.91 Å². The minimum absolute atomic E-state index is 0.191. The molecule has 0 saturated heterocycles. The number of aromatic nitrogens is 1. The molecule has 4 aromatic rings. The molecule has 4 rings (SSSR count). The Bertz CT molecular complexity index is 1250. The SMILES string of the molecule is Cc1cc2nc(-c3ccc(C)c(NC(=O)c4cccc(OCC(C)C)c4)c3)oc2cc1C. The van der Waals surface area contributed by atoms with Crippen LogP contribution in [0.15, 0.2) is 59.0 Å². The lowest BCUT2D eigenvalue weighted by Gasteiger charge is -2.12. The number of carbonyl (C=O) groups excluding carboxylic acids is 1. The molecule has 0 radical (unpaired) electrons. The largest absolute Gasteiger partial charge is 0.493 e. The summed E-state index contributed by atoms with van der Waals surface area (Å²) in [6, 6.07) is 17.1. The molecule has 1 amide bonds. The van der Waals surface area contributed by atoms with Gasteiger partial charge in [-0.2, -0.15) is 0 Å². The number of nitrogens with one attached hydrogen (secondary N) is 1. The molecule has 0 spiro atoms. The van der Waals surface area contributed by atoms with E-state index in [0.29, 0.717) is 29.7 Å². The fraction of sp³-hybridized carbons (Fsp3) is 0.259. The van der Waals surface area contributed by atoms with Crippen molar-refractivity contribution >= 4 is 22.7 Å². The van der Waals surface area contributed by atoms with Crippen LogP contribution in [0.1, 0.15) is 40.9 Å². The van der Waals surface area contributed by atoms with E-state index in [1.54, 1.807) is 12.1 Å². The van der Waals surface area contributed by atoms with Crippen LogP contribution in [-0.2, 0) is 0 Å². The summed E-state index contributed by atoms with van der Waals surface area (Å²) in [6.45, 7) is 10.9. The highest BCUT2D eigenvalue weighted by Gasteiger charge is 2.14. The summed E-state index contributed by atoms with van der Waals surface area (Å²) in [5.74, 6) is 1.44. The summed E-state index contributed by atoms with van der Waals surface area (Å²) in [6.07, 6.45) is 0. The van der Waals surface area contributed by atoms with E-state index < -0.39 is 0 Å². The first-order valence-corrected chi connectivity index (χ1v) is 10.8. The monoisotopic (exact) mass is 428 g/mol. The summed E-state index contributed by atoms with van der Waals surface area (Å²) < 4.78 is 11.7. The number of ether oxygens (including phenoxy) is 1. The number of fused-ring (bicyclic) bond motifs is 1. The van der Waals surface area contributed by atoms with Gasteiger partial charge in [0.2, 0.25) is 5.89 Å². The van der Waals surface area contributed by atoms with Gasteiger partial charge in [0.15, 0.2) is 5.58 Å². The normalized spacial score (nSPS) is 11.2. The highest BCUT2D eigenvalue weighted by atomic mass is 16.5. The van der Waals surface area contributed by atoms with Gasteiger partial charge in [-0.3, -0.25) is 4.79 Å². The Morgan fingerprint density at radius 3 is 2.56 bits per heavy atom. The van der Waals surface area contributed by atoms with Crippen LogP contribution < -0.4 is 10.1 Å². The Kier molecular flexibility index (Phi) is 5.99. The van der Waals surface area contributed by atoms with Gasteiger partial charge in [0.05, 0.1) is 6.61 Å². The van der Waals surface area contributed by atoms with Crippen LogP contribution in [0.2, 0.25) is 0 Å². The number of rotatable bonds is 6. The molecular weight excluding hydrogens is 400 g/mol. The lowest BCUT2D eigenvalue weighted by Crippen LogP contribution is -2.13. The van der Waals surface area contributed by atoms with Crippen molar-refractivity contribution in [3.8, 4) is 17.2 Å². The van der Waals surface area contributed by atoms with Crippen molar-refractivity contribution in [1.29, 1.82) is 0 Å². The van der Waals surface area contributed by atoms with Gasteiger partial charge in [-0.1, -0.05) is 26.0 Å². The third-order valence-electron chi connectivity index (χ3n) is 5.42. The van der Waals surface area contributed by atoms with Crippen molar-refractivity contribution in [3.05, 3.63) is 76.9 Å². The van der Waals surface area contributed by atoms with Gasteiger partial charge in [0, 0.05) is 16.8 Å². The first-order valence-electron chi connectivity index (χ1n) is 10.8. The Morgan fingerprint density at radius 2 is 1.78 bits per heavy atom. The van der Waals surface area contributed by atoms with Crippen LogP contribution >= 0.6 is 0 Å². The first-order chi connectivity index (χ1) is 15.3. The van der Waals surface area contributed by atoms with Crippen molar-refractivity contribution in [2.45, 2.75) is 34.6 Å². The average molecular weight is 429 g/mol. The molecule has 0 aliphatic carbocycles. The number of carbonyl (C=O) groups is 1. The maximum absolute atomic E-state index is 12.9. The van der Waals surface area contributed by atoms with Gasteiger partial charge in [-0.15, -0.1) is 0 Å². The Morgan fingerprint density at radius 1 is 1.00 bits per heavy atom. The molecule has 5 heteroatoms. The number of amides is 1. The molecule has 0 atom stereocenters. The standard InChI is InChI=1S/C27H28N2O3/c1-16(2)15-31-22-8-6-7-20(13-22)26(30)28-23-14-21(10-9-17(23)3)27-29-24-11-18(4)19(5)12-25(24)32-27/h6-14,16H,15H2,1-5H3,(H,28,30). The molecule has 0 unspecified atom stereocenters. The number of oxazole rings is 1. The predicted octanol–water partition coefficient (Wildman–Crippen LogP) is 6.71. The topological polar surface area (TPSA) is 64.4 Å². The van der Waals surface area contributed by atoms with Crippen LogP contribution in [0.5, 0.6) is 5.75 Å². The lowest BCUT2D eigenvalue weighted by molar-refractivity contribution is 0.102. The summed E-state index contributed by atoms with van der Waals surface area (Å²) in [5.41, 5.74) is 6.95. The molecule has 0 aliphatic rings. The van der Waals surface area contributed by atoms with Crippen molar-refractivity contribution in [3.63, 3.8) is 0 Å². The highest BCUT2D eigenvalue weighted by Crippen LogP contribution is 2.29. The average Bonchev–Trinajstić information content (AvgIpc) is 3.17. The molecule has 1 aromatic heterocycles. The molecule has 0 saturated carbocycles. The second kappa shape index (κ2) is 8.87. The third kappa shape index (κ3) is 4.67. The number of aryl methyl sites for hydroxylation is 3. The molecule has 164 valence electrons. The molecule has 1 N–H and O–H groups in total. The molecule has 0 aliphatic heterocycles. The maximum atomic E-state index is 12.9. The predicted molar refractivity (Wildman–Crippen MR) is 128 cm³/mol. The molecule has 0 fully saturated rings. The van der Waals surface area contributed by atoms with E-state index in [4.69, 9.17) is 9.15 Å². The smallest absolute Gasteiger partial charge is 0.255 e. The summed E-state index contributed by atoms with van der Waals surface area (Å²) in [4.78, 5) is 17.6. The fourth-order valence-electron chi connectivity index (χ4n) is 3.38. The summed E-state index contributed by atoms with van der Waals surface area (Å²) in [7, 11) is 0. The van der Waals surface area contributed by atoms with E-state index >= 15 is 0 Å². The van der Waals surface area contributed by atoms with E-state index in [9.17, 15) is 4.79 Å². The molecule has 32 heavy (non-hydrogen) atoms. The zero-order valence-electron chi connectivity index (χ0n) is 19.2. The van der Waals surface area contributed by atoms with Gasteiger partial charge < -0.3 is 14.5 Å². The van der Waals surface area contributed by atoms with Crippen molar-refractivity contribution in [1.82, 2.24) is 4.98 Å². The van der Waals surface area contributed by atoms with E-state index in [2.05, 4.69) is 38.0 Å². The van der Waals surface area contributed by atoms with E-state index in [1.165, 1.54) is 5.56 Å². The zero-order chi connectivity index (χ0) is 22.8. The molecule has 5 nitrogen and oxygen atoms in total. The van der Waals surface area contributed by atoms with Crippen molar-refractivity contribution in [2.75, 3.05) is 11.9 Å². The number of benzene rings is 3. The Hall–Kier alpha value is -3.60. The van der Waals surface area contributed by atoms with Crippen LogP contribution in [0, 0.1) is 26.7 Å². The van der Waals surface area contributed by atoms with Crippen LogP contribution in [0.4, 0.5) is 5.69 Å². The lowest BCUT2D eigenvalue weighted by atomic mass is 10.1. The van der Waals surface area contributed by atoms with Gasteiger partial charge in [-0.25, -0.2) is 4.98 Å². The third-order valence-corrected chi connectivity index (χ3v) is 5.42. The Labute approximate surface area is 188 Å². The second-order valence-corrected chi connectivity index (χ2v) is 8.64. The molecule has 3 aromatic carbocycles. The number of hydrogen-bond donors (Lipinski definition) is 1. The van der Waals surface area contributed by atoms with Crippen molar-refractivity contribution in [2.24, 2.45) is 5.92 Å².